The van der Waals surface area contributed by atoms with E-state index >= 15 is 0 Å². The van der Waals surface area contributed by atoms with Crippen LogP contribution in [0.15, 0.2) is 188 Å². The van der Waals surface area contributed by atoms with E-state index < -0.39 is 0 Å². The Hall–Kier alpha value is -7.69. The van der Waals surface area contributed by atoms with Crippen LogP contribution in [0.5, 0.6) is 11.5 Å². The van der Waals surface area contributed by atoms with Gasteiger partial charge in [0.05, 0.1) is 0 Å². The molecule has 12 rings (SSSR count). The van der Waals surface area contributed by atoms with E-state index in [9.17, 15) is 0 Å². The first-order valence-electron chi connectivity index (χ1n) is 19.3. The van der Waals surface area contributed by atoms with Crippen LogP contribution in [0.25, 0.3) is 110 Å². The Kier molecular flexibility index (Phi) is 6.89. The van der Waals surface area contributed by atoms with Crippen LogP contribution in [0.4, 0.5) is 0 Å². The minimum absolute atomic E-state index is 0.622. The molecule has 1 aliphatic rings. The van der Waals surface area contributed by atoms with Gasteiger partial charge in [-0.1, -0.05) is 170 Å². The van der Waals surface area contributed by atoms with Crippen LogP contribution in [0.3, 0.4) is 0 Å². The van der Waals surface area contributed by atoms with Crippen molar-refractivity contribution in [1.82, 2.24) is 15.0 Å². The molecular formula is C53H31N3O. The fraction of sp³-hybridized carbons (Fsp3) is 0. The van der Waals surface area contributed by atoms with Crippen LogP contribution in [0, 0.1) is 0 Å². The summed E-state index contributed by atoms with van der Waals surface area (Å²) in [6.07, 6.45) is 0. The molecule has 0 radical (unpaired) electrons. The third kappa shape index (κ3) is 4.98. The summed E-state index contributed by atoms with van der Waals surface area (Å²) < 4.78 is 6.98. The van der Waals surface area contributed by atoms with Gasteiger partial charge in [-0.25, -0.2) is 15.0 Å². The zero-order valence-corrected chi connectivity index (χ0v) is 30.6. The molecule has 0 bridgehead atoms. The lowest BCUT2D eigenvalue weighted by molar-refractivity contribution is 0.495. The third-order valence-corrected chi connectivity index (χ3v) is 11.5. The Labute approximate surface area is 328 Å². The molecule has 10 aromatic carbocycles. The second-order valence-electron chi connectivity index (χ2n) is 14.7. The molecule has 0 N–H and O–H groups in total. The molecule has 0 fully saturated rings. The van der Waals surface area contributed by atoms with Gasteiger partial charge in [-0.3, -0.25) is 0 Å². The summed E-state index contributed by atoms with van der Waals surface area (Å²) in [4.78, 5) is 15.5. The highest BCUT2D eigenvalue weighted by molar-refractivity contribution is 6.27. The average molecular weight is 726 g/mol. The van der Waals surface area contributed by atoms with Gasteiger partial charge < -0.3 is 4.74 Å². The molecule has 4 heteroatoms. The molecule has 4 nitrogen and oxygen atoms in total. The monoisotopic (exact) mass is 725 g/mol. The lowest BCUT2D eigenvalue weighted by Gasteiger charge is -2.23. The van der Waals surface area contributed by atoms with Crippen molar-refractivity contribution in [2.75, 3.05) is 0 Å². The van der Waals surface area contributed by atoms with Crippen LogP contribution in [-0.4, -0.2) is 15.0 Å². The zero-order chi connectivity index (χ0) is 37.5. The molecule has 0 aliphatic carbocycles. The summed E-state index contributed by atoms with van der Waals surface area (Å²) in [5, 5.41) is 11.6. The van der Waals surface area contributed by atoms with Gasteiger partial charge in [0.1, 0.15) is 11.5 Å². The van der Waals surface area contributed by atoms with Gasteiger partial charge in [0.15, 0.2) is 17.5 Å². The van der Waals surface area contributed by atoms with Crippen molar-refractivity contribution in [3.63, 3.8) is 0 Å². The van der Waals surface area contributed by atoms with Gasteiger partial charge in [0, 0.05) is 38.4 Å². The number of rotatable bonds is 5. The van der Waals surface area contributed by atoms with Gasteiger partial charge in [-0.2, -0.15) is 0 Å². The maximum Gasteiger partial charge on any atom is 0.164 e. The van der Waals surface area contributed by atoms with Crippen molar-refractivity contribution >= 4 is 53.9 Å². The van der Waals surface area contributed by atoms with E-state index in [1.54, 1.807) is 0 Å². The molecule has 57 heavy (non-hydrogen) atoms. The van der Waals surface area contributed by atoms with Crippen LogP contribution >= 0.6 is 0 Å². The van der Waals surface area contributed by atoms with E-state index in [-0.39, 0.29) is 0 Å². The van der Waals surface area contributed by atoms with Gasteiger partial charge >= 0.3 is 0 Å². The average Bonchev–Trinajstić information content (AvgIpc) is 3.29. The Morgan fingerprint density at radius 1 is 0.281 bits per heavy atom. The molecule has 0 atom stereocenters. The summed E-state index contributed by atoms with van der Waals surface area (Å²) in [5.74, 6) is 3.65. The summed E-state index contributed by atoms with van der Waals surface area (Å²) in [7, 11) is 0. The van der Waals surface area contributed by atoms with Crippen molar-refractivity contribution in [2.24, 2.45) is 0 Å². The largest absolute Gasteiger partial charge is 0.455 e. The lowest BCUT2D eigenvalue weighted by Crippen LogP contribution is -2.01. The van der Waals surface area contributed by atoms with Crippen LogP contribution in [-0.2, 0) is 0 Å². The number of hydrogen-bond acceptors (Lipinski definition) is 4. The standard InChI is InChI=1S/C53H31N3O/c1-3-10-32(11-4-1)33-18-24-39(25-19-33)52-54-51(38-13-5-2-6-14-38)55-53(56-52)44-31-30-41(49-40-16-8-7-12-34(40)26-28-42(44)49)43-29-27-37-23-22-36-21-20-35-15-9-17-45-46(35)47(36)48(37)50(43)57-45/h1-31H. The molecule has 1 aliphatic heterocycles. The molecule has 1 aromatic heterocycles. The SMILES string of the molecule is c1ccc(-c2ccc(-c3nc(-c4ccccc4)nc(-c4ccc(-c5ccc6ccc7ccc8cccc9c8c7c6c5O9)c5c4ccc4ccccc45)n3)cc2)cc1. The molecule has 2 heterocycles. The first-order chi connectivity index (χ1) is 28.2. The lowest BCUT2D eigenvalue weighted by atomic mass is 9.87. The van der Waals surface area contributed by atoms with Crippen molar-refractivity contribution in [3.8, 4) is 67.9 Å². The Morgan fingerprint density at radius 3 is 1.58 bits per heavy atom. The van der Waals surface area contributed by atoms with Gasteiger partial charge in [-0.05, 0) is 72.6 Å². The second-order valence-corrected chi connectivity index (χ2v) is 14.7. The fourth-order valence-electron chi connectivity index (χ4n) is 8.79. The van der Waals surface area contributed by atoms with E-state index in [0.717, 1.165) is 77.2 Å². The molecule has 11 aromatic rings. The highest BCUT2D eigenvalue weighted by Gasteiger charge is 2.25. The number of ether oxygens (including phenoxy) is 1. The predicted octanol–water partition coefficient (Wildman–Crippen LogP) is 14.1. The quantitative estimate of drug-likeness (QED) is 0.166. The smallest absolute Gasteiger partial charge is 0.164 e. The Balaban J connectivity index is 1.10. The van der Waals surface area contributed by atoms with E-state index in [1.807, 2.05) is 24.3 Å². The van der Waals surface area contributed by atoms with Crippen LogP contribution in [0.1, 0.15) is 0 Å². The maximum atomic E-state index is 6.98. The molecule has 0 spiro atoms. The number of fused-ring (bicyclic) bond motifs is 3. The minimum atomic E-state index is 0.622. The van der Waals surface area contributed by atoms with Crippen molar-refractivity contribution < 1.29 is 4.74 Å². The van der Waals surface area contributed by atoms with Crippen LogP contribution < -0.4 is 4.74 Å². The topological polar surface area (TPSA) is 47.9 Å². The van der Waals surface area contributed by atoms with E-state index in [2.05, 4.69) is 164 Å². The number of benzene rings is 10. The first-order valence-corrected chi connectivity index (χ1v) is 19.3. The van der Waals surface area contributed by atoms with Gasteiger partial charge in [-0.15, -0.1) is 0 Å². The summed E-state index contributed by atoms with van der Waals surface area (Å²) >= 11 is 0. The van der Waals surface area contributed by atoms with Crippen molar-refractivity contribution in [3.05, 3.63) is 188 Å². The normalized spacial score (nSPS) is 12.0. The van der Waals surface area contributed by atoms with E-state index in [1.165, 1.54) is 27.1 Å². The number of aromatic nitrogens is 3. The molecule has 0 amide bonds. The van der Waals surface area contributed by atoms with E-state index in [4.69, 9.17) is 19.7 Å². The summed E-state index contributed by atoms with van der Waals surface area (Å²) in [6.45, 7) is 0. The first kappa shape index (κ1) is 31.6. The zero-order valence-electron chi connectivity index (χ0n) is 30.6. The highest BCUT2D eigenvalue weighted by Crippen LogP contribution is 2.52. The minimum Gasteiger partial charge on any atom is -0.455 e. The summed E-state index contributed by atoms with van der Waals surface area (Å²) in [6, 6.07) is 66.2. The third-order valence-electron chi connectivity index (χ3n) is 11.5. The molecule has 0 saturated carbocycles. The van der Waals surface area contributed by atoms with E-state index in [0.29, 0.717) is 17.5 Å². The second kappa shape index (κ2) is 12.4. The predicted molar refractivity (Wildman–Crippen MR) is 235 cm³/mol. The number of hydrogen-bond donors (Lipinski definition) is 0. The van der Waals surface area contributed by atoms with Crippen molar-refractivity contribution in [2.45, 2.75) is 0 Å². The Morgan fingerprint density at radius 2 is 0.807 bits per heavy atom. The molecule has 0 unspecified atom stereocenters. The molecular weight excluding hydrogens is 695 g/mol. The van der Waals surface area contributed by atoms with Crippen molar-refractivity contribution in [1.29, 1.82) is 0 Å². The summed E-state index contributed by atoms with van der Waals surface area (Å²) in [5.41, 5.74) is 7.26. The molecule has 0 saturated heterocycles. The van der Waals surface area contributed by atoms with Gasteiger partial charge in [0.25, 0.3) is 0 Å². The number of nitrogens with zero attached hydrogens (tertiary/aromatic N) is 3. The molecule has 264 valence electrons. The van der Waals surface area contributed by atoms with Gasteiger partial charge in [0.2, 0.25) is 0 Å². The Bertz CT molecular complexity index is 3410. The fourth-order valence-corrected chi connectivity index (χ4v) is 8.79. The van der Waals surface area contributed by atoms with Crippen LogP contribution in [0.2, 0.25) is 0 Å². The maximum absolute atomic E-state index is 6.98. The highest BCUT2D eigenvalue weighted by atomic mass is 16.5.